The molecule has 2 aromatic heterocycles. The van der Waals surface area contributed by atoms with Gasteiger partial charge >= 0.3 is 5.97 Å². The lowest BCUT2D eigenvalue weighted by atomic mass is 10.1. The molecular formula is C29H39N5O5S. The van der Waals surface area contributed by atoms with E-state index in [0.29, 0.717) is 49.1 Å². The summed E-state index contributed by atoms with van der Waals surface area (Å²) in [6.45, 7) is 11.2. The highest BCUT2D eigenvalue weighted by Gasteiger charge is 2.36. The number of nitrogens with two attached hydrogens (primary N) is 1. The molecule has 3 heterocycles. The molecule has 0 spiro atoms. The van der Waals surface area contributed by atoms with E-state index in [0.717, 1.165) is 21.3 Å². The van der Waals surface area contributed by atoms with Gasteiger partial charge in [0, 0.05) is 35.5 Å². The number of piperazine rings is 1. The molecule has 1 aromatic carbocycles. The summed E-state index contributed by atoms with van der Waals surface area (Å²) >= 11 is 1.38. The standard InChI is InChI=1S/C26H31N5O5S.C3H8/c1-4-21-25(34)30(13-17-6-7-19-20(11-17)28-15-29-24(19)27)8-9-31(21)22(32)14-36-26-18(10-16(3)37-26)12-23(33)35-5-2;1-3-2/h6-7,10-11,15,21H,4-5,8-9,12-14H2,1-3H3,(H2,27,28,29);3H2,1-2H3/t21-;/m0./s1. The summed E-state index contributed by atoms with van der Waals surface area (Å²) in [4.78, 5) is 50.9. The molecule has 0 radical (unpaired) electrons. The van der Waals surface area contributed by atoms with Crippen LogP contribution in [0.15, 0.2) is 30.6 Å². The van der Waals surface area contributed by atoms with Gasteiger partial charge in [0.25, 0.3) is 5.91 Å². The Morgan fingerprint density at radius 2 is 1.88 bits per heavy atom. The third-order valence-corrected chi connectivity index (χ3v) is 7.26. The summed E-state index contributed by atoms with van der Waals surface area (Å²) in [5, 5.41) is 1.29. The number of benzene rings is 1. The van der Waals surface area contributed by atoms with Crippen LogP contribution in [-0.4, -0.2) is 69.9 Å². The number of nitrogens with zero attached hydrogens (tertiary/aromatic N) is 4. The highest BCUT2D eigenvalue weighted by Crippen LogP contribution is 2.31. The van der Waals surface area contributed by atoms with E-state index in [1.807, 2.05) is 38.1 Å². The maximum atomic E-state index is 13.3. The van der Waals surface area contributed by atoms with Gasteiger partial charge in [-0.1, -0.05) is 33.3 Å². The number of amides is 2. The van der Waals surface area contributed by atoms with Crippen molar-refractivity contribution in [3.05, 3.63) is 46.6 Å². The van der Waals surface area contributed by atoms with Crippen LogP contribution in [0.3, 0.4) is 0 Å². The van der Waals surface area contributed by atoms with Crippen molar-refractivity contribution in [1.29, 1.82) is 0 Å². The monoisotopic (exact) mass is 569 g/mol. The molecule has 0 saturated carbocycles. The molecule has 1 aliphatic rings. The van der Waals surface area contributed by atoms with Gasteiger partial charge in [0.2, 0.25) is 5.91 Å². The van der Waals surface area contributed by atoms with Crippen molar-refractivity contribution in [1.82, 2.24) is 19.8 Å². The number of carbonyl (C=O) groups is 3. The number of hydrogen-bond acceptors (Lipinski definition) is 9. The molecule has 11 heteroatoms. The molecule has 1 atom stereocenters. The smallest absolute Gasteiger partial charge is 0.310 e. The van der Waals surface area contributed by atoms with Crippen molar-refractivity contribution in [2.45, 2.75) is 66.5 Å². The second kappa shape index (κ2) is 14.6. The van der Waals surface area contributed by atoms with Crippen molar-refractivity contribution in [3.63, 3.8) is 0 Å². The second-order valence-electron chi connectivity index (χ2n) is 9.53. The lowest BCUT2D eigenvalue weighted by Gasteiger charge is -2.40. The molecule has 1 saturated heterocycles. The average Bonchev–Trinajstić information content (AvgIpc) is 3.27. The van der Waals surface area contributed by atoms with Gasteiger partial charge in [-0.05, 0) is 44.0 Å². The predicted molar refractivity (Wildman–Crippen MR) is 156 cm³/mol. The molecule has 1 aliphatic heterocycles. The number of carbonyl (C=O) groups excluding carboxylic acids is 3. The number of hydrogen-bond donors (Lipinski definition) is 1. The van der Waals surface area contributed by atoms with Crippen molar-refractivity contribution in [2.75, 3.05) is 32.0 Å². The zero-order valence-electron chi connectivity index (χ0n) is 23.9. The number of nitrogen functional groups attached to an aromatic ring is 1. The van der Waals surface area contributed by atoms with Crippen LogP contribution in [-0.2, 0) is 32.1 Å². The van der Waals surface area contributed by atoms with Crippen molar-refractivity contribution in [2.24, 2.45) is 0 Å². The van der Waals surface area contributed by atoms with E-state index < -0.39 is 6.04 Å². The minimum Gasteiger partial charge on any atom is -0.474 e. The summed E-state index contributed by atoms with van der Waals surface area (Å²) < 4.78 is 10.9. The Hall–Kier alpha value is -3.73. The van der Waals surface area contributed by atoms with E-state index in [2.05, 4.69) is 23.8 Å². The Morgan fingerprint density at radius 3 is 2.58 bits per heavy atom. The molecule has 1 fully saturated rings. The van der Waals surface area contributed by atoms with Crippen LogP contribution in [0.5, 0.6) is 5.06 Å². The van der Waals surface area contributed by atoms with Crippen LogP contribution < -0.4 is 10.5 Å². The van der Waals surface area contributed by atoms with Gasteiger partial charge in [-0.2, -0.15) is 0 Å². The number of ether oxygens (including phenoxy) is 2. The summed E-state index contributed by atoms with van der Waals surface area (Å²) in [6, 6.07) is 6.99. The van der Waals surface area contributed by atoms with E-state index in [1.54, 1.807) is 16.7 Å². The van der Waals surface area contributed by atoms with Crippen molar-refractivity contribution >= 4 is 45.8 Å². The predicted octanol–water partition coefficient (Wildman–Crippen LogP) is 4.13. The molecule has 0 aliphatic carbocycles. The summed E-state index contributed by atoms with van der Waals surface area (Å²) in [7, 11) is 0. The van der Waals surface area contributed by atoms with Crippen LogP contribution >= 0.6 is 11.3 Å². The zero-order chi connectivity index (χ0) is 29.2. The topological polar surface area (TPSA) is 128 Å². The molecule has 3 aromatic rings. The fraction of sp³-hybridized carbons (Fsp3) is 0.483. The summed E-state index contributed by atoms with van der Waals surface area (Å²) in [6.07, 6.45) is 3.25. The second-order valence-corrected chi connectivity index (χ2v) is 10.7. The van der Waals surface area contributed by atoms with Crippen LogP contribution in [0.2, 0.25) is 0 Å². The van der Waals surface area contributed by atoms with E-state index in [4.69, 9.17) is 15.2 Å². The van der Waals surface area contributed by atoms with E-state index in [1.165, 1.54) is 24.1 Å². The molecule has 216 valence electrons. The normalized spacial score (nSPS) is 15.0. The average molecular weight is 570 g/mol. The molecule has 0 bridgehead atoms. The fourth-order valence-electron chi connectivity index (χ4n) is 4.50. The maximum Gasteiger partial charge on any atom is 0.310 e. The first kappa shape index (κ1) is 30.8. The molecule has 40 heavy (non-hydrogen) atoms. The highest BCUT2D eigenvalue weighted by atomic mass is 32.1. The van der Waals surface area contributed by atoms with Crippen molar-refractivity contribution in [3.8, 4) is 5.06 Å². The number of thiophene rings is 1. The van der Waals surface area contributed by atoms with Gasteiger partial charge in [-0.3, -0.25) is 14.4 Å². The third-order valence-electron chi connectivity index (χ3n) is 6.26. The molecule has 2 amide bonds. The Balaban J connectivity index is 0.00000141. The Morgan fingerprint density at radius 1 is 1.12 bits per heavy atom. The zero-order valence-corrected chi connectivity index (χ0v) is 24.8. The number of anilines is 1. The fourth-order valence-corrected chi connectivity index (χ4v) is 5.37. The number of esters is 1. The minimum atomic E-state index is -0.563. The SMILES string of the molecule is CCC.CCOC(=O)Cc1cc(C)sc1OCC(=O)N1CCN(Cc2ccc3c(N)ncnc3c2)C(=O)[C@@H]1CC. The first-order valence-electron chi connectivity index (χ1n) is 13.7. The van der Waals surface area contributed by atoms with E-state index >= 15 is 0 Å². The van der Waals surface area contributed by atoms with E-state index in [9.17, 15) is 14.4 Å². The number of rotatable bonds is 9. The highest BCUT2D eigenvalue weighted by molar-refractivity contribution is 7.14. The number of aryl methyl sites for hydroxylation is 1. The van der Waals surface area contributed by atoms with Crippen LogP contribution in [0.4, 0.5) is 5.82 Å². The van der Waals surface area contributed by atoms with Gasteiger partial charge in [-0.15, -0.1) is 11.3 Å². The molecule has 4 rings (SSSR count). The lowest BCUT2D eigenvalue weighted by Crippen LogP contribution is -2.59. The van der Waals surface area contributed by atoms with Gasteiger partial charge < -0.3 is 25.0 Å². The van der Waals surface area contributed by atoms with Crippen LogP contribution in [0.25, 0.3) is 10.9 Å². The van der Waals surface area contributed by atoms with Gasteiger partial charge in [0.1, 0.15) is 18.2 Å². The summed E-state index contributed by atoms with van der Waals surface area (Å²) in [5.74, 6) is -0.282. The summed E-state index contributed by atoms with van der Waals surface area (Å²) in [5.41, 5.74) is 8.27. The van der Waals surface area contributed by atoms with Crippen LogP contribution in [0.1, 0.15) is 56.5 Å². The Kier molecular flexibility index (Phi) is 11.2. The molecule has 10 nitrogen and oxygen atoms in total. The molecule has 0 unspecified atom stereocenters. The Bertz CT molecular complexity index is 1330. The molecular weight excluding hydrogens is 530 g/mol. The minimum absolute atomic E-state index is 0.0871. The van der Waals surface area contributed by atoms with Gasteiger partial charge in [-0.25, -0.2) is 9.97 Å². The molecule has 2 N–H and O–H groups in total. The first-order chi connectivity index (χ1) is 19.2. The number of aromatic nitrogens is 2. The lowest BCUT2D eigenvalue weighted by molar-refractivity contribution is -0.153. The van der Waals surface area contributed by atoms with Gasteiger partial charge in [0.05, 0.1) is 18.5 Å². The third kappa shape index (κ3) is 7.68. The number of fused-ring (bicyclic) bond motifs is 1. The van der Waals surface area contributed by atoms with E-state index in [-0.39, 0.29) is 30.8 Å². The quantitative estimate of drug-likeness (QED) is 0.381. The largest absolute Gasteiger partial charge is 0.474 e. The van der Waals surface area contributed by atoms with Gasteiger partial charge in [0.15, 0.2) is 11.7 Å². The Labute approximate surface area is 239 Å². The van der Waals surface area contributed by atoms with Crippen molar-refractivity contribution < 1.29 is 23.9 Å². The first-order valence-corrected chi connectivity index (χ1v) is 14.5. The van der Waals surface area contributed by atoms with Crippen LogP contribution in [0, 0.1) is 6.92 Å². The maximum absolute atomic E-state index is 13.3.